The molecule has 0 saturated carbocycles. The summed E-state index contributed by atoms with van der Waals surface area (Å²) in [5.74, 6) is -0.293. The van der Waals surface area contributed by atoms with Crippen molar-refractivity contribution in [3.8, 4) is 0 Å². The molecule has 0 aliphatic carbocycles. The quantitative estimate of drug-likeness (QED) is 0.464. The van der Waals surface area contributed by atoms with Gasteiger partial charge in [0.05, 0.1) is 0 Å². The molecule has 4 N–H and O–H groups in total. The first-order valence-electron chi connectivity index (χ1n) is 5.38. The molecule has 0 spiro atoms. The molecule has 0 radical (unpaired) electrons. The molecule has 18 heavy (non-hydrogen) atoms. The maximum atomic E-state index is 11.4. The Kier molecular flexibility index (Phi) is 4.16. The maximum absolute atomic E-state index is 11.4. The van der Waals surface area contributed by atoms with Gasteiger partial charge >= 0.3 is 109 Å². The molecule has 4 atom stereocenters. The number of hydrogen-bond donors (Lipinski definition) is 4. The van der Waals surface area contributed by atoms with Gasteiger partial charge in [0.15, 0.2) is 0 Å². The average Bonchev–Trinajstić information content (AvgIpc) is 2.96. The van der Waals surface area contributed by atoms with Gasteiger partial charge in [-0.1, -0.05) is 0 Å². The predicted molar refractivity (Wildman–Crippen MR) is 61.3 cm³/mol. The second kappa shape index (κ2) is 5.48. The Bertz CT molecular complexity index is 438. The normalized spacial score (nSPS) is 31.6. The number of amides is 1. The van der Waals surface area contributed by atoms with Crippen LogP contribution in [0, 0.1) is 0 Å². The standard InChI is InChI=1S/C10H14N2O5Se/c1-11-9(16)4-3-18-10(12-4)8-7(15)6(14)5(2-13)17-8/h3,5-8,13-15H,2H2,1H3,(H,11,16)/t5-,6-,7-,8-/m1/s1. The molecular weight excluding hydrogens is 307 g/mol. The number of ether oxygens (including phenoxy) is 1. The van der Waals surface area contributed by atoms with E-state index in [0.717, 1.165) is 0 Å². The van der Waals surface area contributed by atoms with Crippen LogP contribution in [-0.2, 0) is 4.74 Å². The molecule has 1 fully saturated rings. The van der Waals surface area contributed by atoms with Crippen LogP contribution in [0.3, 0.4) is 0 Å². The van der Waals surface area contributed by atoms with Gasteiger partial charge in [-0.25, -0.2) is 0 Å². The zero-order chi connectivity index (χ0) is 13.3. The minimum atomic E-state index is -1.14. The van der Waals surface area contributed by atoms with E-state index in [4.69, 9.17) is 9.84 Å². The van der Waals surface area contributed by atoms with Crippen LogP contribution in [0.1, 0.15) is 21.2 Å². The van der Waals surface area contributed by atoms with E-state index in [-0.39, 0.29) is 27.0 Å². The Morgan fingerprint density at radius 2 is 2.28 bits per heavy atom. The van der Waals surface area contributed by atoms with Crippen LogP contribution in [0.25, 0.3) is 0 Å². The van der Waals surface area contributed by atoms with Crippen molar-refractivity contribution in [1.29, 1.82) is 0 Å². The molecule has 0 unspecified atom stereocenters. The first-order valence-corrected chi connectivity index (χ1v) is 7.23. The molecule has 1 amide bonds. The average molecular weight is 321 g/mol. The first kappa shape index (κ1) is 13.7. The zero-order valence-electron chi connectivity index (χ0n) is 9.61. The molecular formula is C10H14N2O5Se. The molecule has 1 saturated heterocycles. The van der Waals surface area contributed by atoms with Gasteiger partial charge in [-0.2, -0.15) is 0 Å². The number of aliphatic hydroxyl groups is 3. The summed E-state index contributed by atoms with van der Waals surface area (Å²) < 4.78 is 5.90. The van der Waals surface area contributed by atoms with Gasteiger partial charge in [-0.15, -0.1) is 0 Å². The SMILES string of the molecule is CNC(=O)c1c[se]c([C@@H]2O[C@H](CO)[C@@H](O)[C@H]2O)n1. The zero-order valence-corrected chi connectivity index (χ0v) is 11.3. The number of hydrogen-bond acceptors (Lipinski definition) is 6. The van der Waals surface area contributed by atoms with Crippen LogP contribution in [0.5, 0.6) is 0 Å². The van der Waals surface area contributed by atoms with E-state index in [9.17, 15) is 15.0 Å². The van der Waals surface area contributed by atoms with E-state index in [1.807, 2.05) is 0 Å². The summed E-state index contributed by atoms with van der Waals surface area (Å²) in [6.45, 7) is -0.370. The number of rotatable bonds is 3. The van der Waals surface area contributed by atoms with Crippen molar-refractivity contribution < 1.29 is 24.9 Å². The van der Waals surface area contributed by atoms with Crippen molar-refractivity contribution in [3.05, 3.63) is 15.2 Å². The van der Waals surface area contributed by atoms with Gasteiger partial charge in [-0.3, -0.25) is 0 Å². The Hall–Kier alpha value is -0.761. The monoisotopic (exact) mass is 322 g/mol. The summed E-state index contributed by atoms with van der Waals surface area (Å²) >= 11 is -0.197. The van der Waals surface area contributed by atoms with E-state index in [1.54, 1.807) is 4.94 Å². The number of nitrogens with one attached hydrogen (secondary N) is 1. The van der Waals surface area contributed by atoms with Crippen LogP contribution in [0.4, 0.5) is 0 Å². The number of aliphatic hydroxyl groups excluding tert-OH is 3. The second-order valence-electron chi connectivity index (χ2n) is 3.91. The molecule has 0 bridgehead atoms. The molecule has 1 aliphatic heterocycles. The molecule has 1 aliphatic rings. The predicted octanol–water partition coefficient (Wildman–Crippen LogP) is -2.35. The Morgan fingerprint density at radius 1 is 1.56 bits per heavy atom. The fraction of sp³-hybridized carbons (Fsp3) is 0.600. The third-order valence-corrected chi connectivity index (χ3v) is 4.67. The summed E-state index contributed by atoms with van der Waals surface area (Å²) in [6.07, 6.45) is -3.83. The van der Waals surface area contributed by atoms with Gasteiger partial charge in [0.2, 0.25) is 0 Å². The summed E-state index contributed by atoms with van der Waals surface area (Å²) in [7, 11) is 1.51. The van der Waals surface area contributed by atoms with Gasteiger partial charge in [-0.05, 0) is 0 Å². The minimum absolute atomic E-state index is 0.197. The van der Waals surface area contributed by atoms with E-state index >= 15 is 0 Å². The van der Waals surface area contributed by atoms with E-state index in [2.05, 4.69) is 10.3 Å². The molecule has 2 rings (SSSR count). The van der Waals surface area contributed by atoms with E-state index < -0.39 is 24.4 Å². The second-order valence-corrected chi connectivity index (χ2v) is 5.78. The van der Waals surface area contributed by atoms with Crippen molar-refractivity contribution >= 4 is 20.4 Å². The Labute approximate surface area is 109 Å². The Morgan fingerprint density at radius 3 is 2.83 bits per heavy atom. The number of carbonyl (C=O) groups excluding carboxylic acids is 1. The van der Waals surface area contributed by atoms with Gasteiger partial charge < -0.3 is 0 Å². The summed E-state index contributed by atoms with van der Waals surface area (Å²) in [5.41, 5.74) is 0.297. The third-order valence-electron chi connectivity index (χ3n) is 2.77. The van der Waals surface area contributed by atoms with E-state index in [0.29, 0.717) is 10.3 Å². The molecule has 1 aromatic rings. The summed E-state index contributed by atoms with van der Waals surface area (Å²) in [4.78, 5) is 17.2. The van der Waals surface area contributed by atoms with Crippen molar-refractivity contribution in [2.24, 2.45) is 0 Å². The number of carbonyl (C=O) groups is 1. The van der Waals surface area contributed by atoms with Crippen molar-refractivity contribution in [1.82, 2.24) is 10.3 Å². The van der Waals surface area contributed by atoms with Crippen molar-refractivity contribution in [3.63, 3.8) is 0 Å². The Balaban J connectivity index is 2.17. The first-order chi connectivity index (χ1) is 8.58. The third kappa shape index (κ3) is 2.35. The van der Waals surface area contributed by atoms with Crippen LogP contribution >= 0.6 is 0 Å². The number of nitrogens with zero attached hydrogens (tertiary/aromatic N) is 1. The topological polar surface area (TPSA) is 112 Å². The fourth-order valence-electron chi connectivity index (χ4n) is 1.75. The van der Waals surface area contributed by atoms with Crippen molar-refractivity contribution in [2.75, 3.05) is 13.7 Å². The van der Waals surface area contributed by atoms with Crippen LogP contribution < -0.4 is 5.32 Å². The number of aromatic nitrogens is 1. The molecule has 7 nitrogen and oxygen atoms in total. The molecule has 1 aromatic heterocycles. The fourth-order valence-corrected chi connectivity index (χ4v) is 3.58. The molecule has 2 heterocycles. The van der Waals surface area contributed by atoms with Crippen LogP contribution in [-0.4, -0.2) is 72.7 Å². The summed E-state index contributed by atoms with van der Waals surface area (Å²) in [6, 6.07) is 0. The molecule has 0 aromatic carbocycles. The van der Waals surface area contributed by atoms with Gasteiger partial charge in [0.25, 0.3) is 0 Å². The van der Waals surface area contributed by atoms with Crippen LogP contribution in [0.2, 0.25) is 0 Å². The van der Waals surface area contributed by atoms with Gasteiger partial charge in [0.1, 0.15) is 0 Å². The van der Waals surface area contributed by atoms with E-state index in [1.165, 1.54) is 7.05 Å². The van der Waals surface area contributed by atoms with Crippen molar-refractivity contribution in [2.45, 2.75) is 24.4 Å². The molecule has 100 valence electrons. The van der Waals surface area contributed by atoms with Crippen LogP contribution in [0.15, 0.2) is 4.94 Å². The van der Waals surface area contributed by atoms with Gasteiger partial charge in [0, 0.05) is 0 Å². The summed E-state index contributed by atoms with van der Waals surface area (Å²) in [5, 5.41) is 30.9. The molecule has 8 heteroatoms.